The Morgan fingerprint density at radius 1 is 1.21 bits per heavy atom. The van der Waals surface area contributed by atoms with Crippen molar-refractivity contribution in [2.75, 3.05) is 20.7 Å². The maximum Gasteiger partial charge on any atom is 0.123 e. The predicted molar refractivity (Wildman–Crippen MR) is 94.1 cm³/mol. The minimum atomic E-state index is -0.136. The number of ether oxygens (including phenoxy) is 1. The third kappa shape index (κ3) is 2.61. The molecule has 2 aromatic carbocycles. The molecule has 2 aromatic rings. The summed E-state index contributed by atoms with van der Waals surface area (Å²) in [6.07, 6.45) is 3.19. The molecule has 1 aliphatic carbocycles. The molecule has 0 amide bonds. The van der Waals surface area contributed by atoms with Crippen LogP contribution in [0.1, 0.15) is 29.0 Å². The zero-order valence-electron chi connectivity index (χ0n) is 14.3. The lowest BCUT2D eigenvalue weighted by Crippen LogP contribution is -2.32. The molecule has 4 rings (SSSR count). The fourth-order valence-corrected chi connectivity index (χ4v) is 4.81. The number of likely N-dealkylation sites (N-methyl/N-ethyl adjacent to an activating group) is 1. The van der Waals surface area contributed by atoms with Gasteiger partial charge in [-0.3, -0.25) is 0 Å². The van der Waals surface area contributed by atoms with Gasteiger partial charge in [0.1, 0.15) is 11.6 Å². The molecule has 24 heavy (non-hydrogen) atoms. The molecule has 0 saturated carbocycles. The lowest BCUT2D eigenvalue weighted by atomic mass is 9.73. The number of nitrogens with zero attached hydrogens (tertiary/aromatic N) is 1. The molecule has 1 aliphatic heterocycles. The van der Waals surface area contributed by atoms with E-state index in [1.54, 1.807) is 13.2 Å². The van der Waals surface area contributed by atoms with Crippen LogP contribution in [0, 0.1) is 11.7 Å². The van der Waals surface area contributed by atoms with E-state index in [2.05, 4.69) is 30.1 Å². The van der Waals surface area contributed by atoms with Crippen molar-refractivity contribution in [3.05, 3.63) is 65.0 Å². The Balaban J connectivity index is 1.62. The lowest BCUT2D eigenvalue weighted by molar-refractivity contribution is 0.258. The van der Waals surface area contributed by atoms with E-state index in [9.17, 15) is 4.39 Å². The van der Waals surface area contributed by atoms with Crippen molar-refractivity contribution < 1.29 is 9.13 Å². The molecule has 2 nitrogen and oxygen atoms in total. The molecule has 0 bridgehead atoms. The van der Waals surface area contributed by atoms with Crippen LogP contribution < -0.4 is 4.74 Å². The van der Waals surface area contributed by atoms with Crippen molar-refractivity contribution in [1.29, 1.82) is 0 Å². The Hall–Kier alpha value is -1.87. The molecule has 3 unspecified atom stereocenters. The van der Waals surface area contributed by atoms with Gasteiger partial charge in [0.15, 0.2) is 0 Å². The predicted octanol–water partition coefficient (Wildman–Crippen LogP) is 4.04. The number of rotatable bonds is 3. The average molecular weight is 325 g/mol. The lowest BCUT2D eigenvalue weighted by Gasteiger charge is -2.32. The highest BCUT2D eigenvalue weighted by atomic mass is 19.1. The number of likely N-dealkylation sites (tertiary alicyclic amines) is 1. The number of fused-ring (bicyclic) bond motifs is 3. The van der Waals surface area contributed by atoms with E-state index in [1.807, 2.05) is 12.1 Å². The van der Waals surface area contributed by atoms with E-state index in [1.165, 1.54) is 23.6 Å². The van der Waals surface area contributed by atoms with Crippen LogP contribution in [0.5, 0.6) is 5.75 Å². The summed E-state index contributed by atoms with van der Waals surface area (Å²) < 4.78 is 19.1. The van der Waals surface area contributed by atoms with Gasteiger partial charge in [-0.25, -0.2) is 4.39 Å². The van der Waals surface area contributed by atoms with Crippen molar-refractivity contribution in [1.82, 2.24) is 4.90 Å². The molecule has 0 spiro atoms. The van der Waals surface area contributed by atoms with Crippen LogP contribution in [0.15, 0.2) is 42.5 Å². The first-order valence-corrected chi connectivity index (χ1v) is 8.78. The first-order valence-electron chi connectivity index (χ1n) is 8.78. The second-order valence-corrected chi connectivity index (χ2v) is 7.18. The maximum atomic E-state index is 13.5. The van der Waals surface area contributed by atoms with Crippen molar-refractivity contribution >= 4 is 0 Å². The second kappa shape index (κ2) is 6.21. The van der Waals surface area contributed by atoms with E-state index >= 15 is 0 Å². The van der Waals surface area contributed by atoms with E-state index in [0.717, 1.165) is 30.7 Å². The van der Waals surface area contributed by atoms with Crippen LogP contribution >= 0.6 is 0 Å². The van der Waals surface area contributed by atoms with Gasteiger partial charge in [0.2, 0.25) is 0 Å². The van der Waals surface area contributed by atoms with E-state index in [0.29, 0.717) is 17.9 Å². The molecule has 1 saturated heterocycles. The van der Waals surface area contributed by atoms with Crippen LogP contribution in [0.3, 0.4) is 0 Å². The average Bonchev–Trinajstić information content (AvgIpc) is 2.90. The SMILES string of the molecule is COc1cccc2c1CCC1C2CN(C)C1Cc1cccc(F)c1. The quantitative estimate of drug-likeness (QED) is 0.844. The summed E-state index contributed by atoms with van der Waals surface area (Å²) in [7, 11) is 3.97. The van der Waals surface area contributed by atoms with Crippen LogP contribution in [0.4, 0.5) is 4.39 Å². The largest absolute Gasteiger partial charge is 0.496 e. The Morgan fingerprint density at radius 2 is 2.04 bits per heavy atom. The Labute approximate surface area is 143 Å². The van der Waals surface area contributed by atoms with Crippen molar-refractivity contribution in [2.45, 2.75) is 31.2 Å². The summed E-state index contributed by atoms with van der Waals surface area (Å²) in [5, 5.41) is 0. The van der Waals surface area contributed by atoms with Gasteiger partial charge in [-0.05, 0) is 67.1 Å². The third-order valence-corrected chi connectivity index (χ3v) is 5.91. The van der Waals surface area contributed by atoms with Gasteiger partial charge in [-0.2, -0.15) is 0 Å². The monoisotopic (exact) mass is 325 g/mol. The smallest absolute Gasteiger partial charge is 0.123 e. The third-order valence-electron chi connectivity index (χ3n) is 5.91. The maximum absolute atomic E-state index is 13.5. The summed E-state index contributed by atoms with van der Waals surface area (Å²) >= 11 is 0. The van der Waals surface area contributed by atoms with E-state index < -0.39 is 0 Å². The highest BCUT2D eigenvalue weighted by Gasteiger charge is 2.43. The standard InChI is InChI=1S/C21H24FNO/c1-23-13-19-16-7-4-8-21(24-2)18(16)10-9-17(19)20(23)12-14-5-3-6-15(22)11-14/h3-8,11,17,19-20H,9-10,12-13H2,1-2H3. The van der Waals surface area contributed by atoms with Crippen molar-refractivity contribution in [3.8, 4) is 5.75 Å². The Morgan fingerprint density at radius 3 is 2.83 bits per heavy atom. The van der Waals surface area contributed by atoms with Crippen LogP contribution in [-0.4, -0.2) is 31.6 Å². The summed E-state index contributed by atoms with van der Waals surface area (Å²) in [6, 6.07) is 14.0. The molecular weight excluding hydrogens is 301 g/mol. The van der Waals surface area contributed by atoms with Gasteiger partial charge in [-0.15, -0.1) is 0 Å². The first kappa shape index (κ1) is 15.6. The number of halogens is 1. The fourth-order valence-electron chi connectivity index (χ4n) is 4.81. The van der Waals surface area contributed by atoms with Gasteiger partial charge in [0.05, 0.1) is 7.11 Å². The zero-order chi connectivity index (χ0) is 16.7. The van der Waals surface area contributed by atoms with Gasteiger partial charge < -0.3 is 9.64 Å². The number of hydrogen-bond donors (Lipinski definition) is 0. The highest BCUT2D eigenvalue weighted by Crippen LogP contribution is 2.47. The minimum absolute atomic E-state index is 0.136. The van der Waals surface area contributed by atoms with Gasteiger partial charge in [0.25, 0.3) is 0 Å². The second-order valence-electron chi connectivity index (χ2n) is 7.18. The molecule has 0 aromatic heterocycles. The topological polar surface area (TPSA) is 12.5 Å². The first-order chi connectivity index (χ1) is 11.7. The molecule has 3 atom stereocenters. The number of methoxy groups -OCH3 is 1. The normalized spacial score (nSPS) is 26.0. The van der Waals surface area contributed by atoms with Crippen molar-refractivity contribution in [3.63, 3.8) is 0 Å². The van der Waals surface area contributed by atoms with Crippen LogP contribution in [0.2, 0.25) is 0 Å². The summed E-state index contributed by atoms with van der Waals surface area (Å²) in [4.78, 5) is 2.47. The van der Waals surface area contributed by atoms with Crippen LogP contribution in [-0.2, 0) is 12.8 Å². The molecule has 0 N–H and O–H groups in total. The molecule has 126 valence electrons. The van der Waals surface area contributed by atoms with Crippen LogP contribution in [0.25, 0.3) is 0 Å². The molecule has 2 aliphatic rings. The number of hydrogen-bond acceptors (Lipinski definition) is 2. The fraction of sp³-hybridized carbons (Fsp3) is 0.429. The van der Waals surface area contributed by atoms with Crippen molar-refractivity contribution in [2.24, 2.45) is 5.92 Å². The zero-order valence-corrected chi connectivity index (χ0v) is 14.3. The Kier molecular flexibility index (Phi) is 4.05. The van der Waals surface area contributed by atoms with Gasteiger partial charge in [0, 0.05) is 18.5 Å². The summed E-state index contributed by atoms with van der Waals surface area (Å²) in [5.41, 5.74) is 3.95. The molecular formula is C21H24FNO. The Bertz CT molecular complexity index is 744. The van der Waals surface area contributed by atoms with E-state index in [-0.39, 0.29) is 5.82 Å². The molecule has 1 fully saturated rings. The summed E-state index contributed by atoms with van der Waals surface area (Å²) in [5.74, 6) is 2.09. The van der Waals surface area contributed by atoms with Gasteiger partial charge in [-0.1, -0.05) is 24.3 Å². The molecule has 1 heterocycles. The number of benzene rings is 2. The molecule has 0 radical (unpaired) electrons. The minimum Gasteiger partial charge on any atom is -0.496 e. The van der Waals surface area contributed by atoms with E-state index in [4.69, 9.17) is 4.74 Å². The van der Waals surface area contributed by atoms with Gasteiger partial charge >= 0.3 is 0 Å². The summed E-state index contributed by atoms with van der Waals surface area (Å²) in [6.45, 7) is 1.07. The highest BCUT2D eigenvalue weighted by molar-refractivity contribution is 5.45. The molecule has 3 heteroatoms.